The molecule has 2 atom stereocenters. The van der Waals surface area contributed by atoms with Crippen LogP contribution in [0.15, 0.2) is 48.5 Å². The van der Waals surface area contributed by atoms with Crippen molar-refractivity contribution in [3.8, 4) is 0 Å². The fraction of sp³-hybridized carbons (Fsp3) is 0.222. The first-order valence-corrected chi connectivity index (χ1v) is 14.0. The Morgan fingerprint density at radius 1 is 0.837 bits per heavy atom. The lowest BCUT2D eigenvalue weighted by Gasteiger charge is -2.14. The van der Waals surface area contributed by atoms with E-state index >= 15 is 0 Å². The van der Waals surface area contributed by atoms with Crippen LogP contribution < -0.4 is 16.0 Å². The van der Waals surface area contributed by atoms with Crippen molar-refractivity contribution in [2.45, 2.75) is 29.3 Å². The Kier molecular flexibility index (Phi) is 9.73. The molecule has 0 saturated heterocycles. The van der Waals surface area contributed by atoms with Crippen LogP contribution in [0, 0.1) is 17.6 Å². The highest BCUT2D eigenvalue weighted by atomic mass is 35.5. The lowest BCUT2D eigenvalue weighted by molar-refractivity contribution is -0.142. The zero-order valence-corrected chi connectivity index (χ0v) is 25.0. The summed E-state index contributed by atoms with van der Waals surface area (Å²) in [5.41, 5.74) is -1.23. The third-order valence-corrected chi connectivity index (χ3v) is 8.37. The summed E-state index contributed by atoms with van der Waals surface area (Å²) < 4.78 is 64.8. The predicted octanol–water partition coefficient (Wildman–Crippen LogP) is 8.98. The normalized spacial score (nSPS) is 17.3. The van der Waals surface area contributed by atoms with Gasteiger partial charge in [-0.05, 0) is 48.0 Å². The number of nitrogens with one attached hydrogen (secondary N) is 3. The average Bonchev–Trinajstić information content (AvgIpc) is 3.50. The summed E-state index contributed by atoms with van der Waals surface area (Å²) in [6, 6.07) is 10.1. The highest BCUT2D eigenvalue weighted by Gasteiger charge is 2.67. The van der Waals surface area contributed by atoms with E-state index in [4.69, 9.17) is 58.0 Å². The van der Waals surface area contributed by atoms with E-state index < -0.39 is 75.9 Å². The van der Waals surface area contributed by atoms with Gasteiger partial charge in [-0.25, -0.2) is 8.78 Å². The molecule has 1 fully saturated rings. The van der Waals surface area contributed by atoms with E-state index in [9.17, 15) is 36.3 Å². The van der Waals surface area contributed by atoms with Gasteiger partial charge in [-0.1, -0.05) is 40.9 Å². The molecule has 228 valence electrons. The molecule has 0 heterocycles. The fourth-order valence-corrected chi connectivity index (χ4v) is 5.52. The van der Waals surface area contributed by atoms with E-state index in [0.717, 1.165) is 6.07 Å². The number of halogens is 10. The van der Waals surface area contributed by atoms with Crippen molar-refractivity contribution >= 4 is 92.8 Å². The molecule has 1 saturated carbocycles. The van der Waals surface area contributed by atoms with Crippen LogP contribution in [0.5, 0.6) is 0 Å². The Bertz CT molecular complexity index is 1620. The molecule has 0 radical (unpaired) electrons. The smallest absolute Gasteiger partial charge is 0.326 e. The van der Waals surface area contributed by atoms with Crippen LogP contribution in [0.2, 0.25) is 15.1 Å². The molecule has 1 aliphatic rings. The van der Waals surface area contributed by atoms with Gasteiger partial charge in [0.05, 0.1) is 38.7 Å². The summed E-state index contributed by atoms with van der Waals surface area (Å²) >= 11 is 30.9. The average molecular weight is 704 g/mol. The number of hydrogen-bond acceptors (Lipinski definition) is 3. The van der Waals surface area contributed by atoms with E-state index in [1.165, 1.54) is 24.3 Å². The highest BCUT2D eigenvalue weighted by molar-refractivity contribution is 6.53. The standard InChI is InChI=1S/C27H17Cl5F5N3O3/c28-14-4-2-12(38-25(43)21-20(27(21,31)32)11-1-3-15(29)16(30)9-11)10-13(14)24(42)39-18-6-5-17(33)23(22(18)34)40-19(41)7-8-26(35,36)37/h1-6,9-10,20-21H,7-8H2,(H,38,43)(H,39,42)(H,40,41)/t20-,21?/m0/s1. The van der Waals surface area contributed by atoms with Crippen LogP contribution in [0.3, 0.4) is 0 Å². The monoisotopic (exact) mass is 701 g/mol. The summed E-state index contributed by atoms with van der Waals surface area (Å²) in [6.45, 7) is 0. The molecule has 16 heteroatoms. The number of alkyl halides is 5. The van der Waals surface area contributed by atoms with E-state index in [-0.39, 0.29) is 21.3 Å². The molecule has 3 N–H and O–H groups in total. The first-order valence-electron chi connectivity index (χ1n) is 12.1. The molecule has 43 heavy (non-hydrogen) atoms. The van der Waals surface area contributed by atoms with Gasteiger partial charge < -0.3 is 16.0 Å². The van der Waals surface area contributed by atoms with E-state index in [0.29, 0.717) is 16.7 Å². The zero-order valence-electron chi connectivity index (χ0n) is 21.2. The first-order chi connectivity index (χ1) is 20.0. The van der Waals surface area contributed by atoms with Crippen molar-refractivity contribution in [3.63, 3.8) is 0 Å². The second-order valence-corrected chi connectivity index (χ2v) is 12.1. The van der Waals surface area contributed by atoms with Crippen molar-refractivity contribution < 1.29 is 36.3 Å². The molecule has 3 amide bonds. The van der Waals surface area contributed by atoms with Crippen molar-refractivity contribution in [3.05, 3.63) is 86.4 Å². The quantitative estimate of drug-likeness (QED) is 0.162. The Balaban J connectivity index is 1.48. The second-order valence-electron chi connectivity index (χ2n) is 9.39. The molecule has 0 spiro atoms. The summed E-state index contributed by atoms with van der Waals surface area (Å²) in [7, 11) is 0. The second kappa shape index (κ2) is 12.6. The number of anilines is 3. The highest BCUT2D eigenvalue weighted by Crippen LogP contribution is 2.65. The van der Waals surface area contributed by atoms with Gasteiger partial charge in [-0.15, -0.1) is 23.2 Å². The summed E-state index contributed by atoms with van der Waals surface area (Å²) in [4.78, 5) is 37.8. The molecule has 3 aromatic carbocycles. The van der Waals surface area contributed by atoms with Gasteiger partial charge in [0.2, 0.25) is 11.8 Å². The Morgan fingerprint density at radius 3 is 2.16 bits per heavy atom. The number of carbonyl (C=O) groups is 3. The van der Waals surface area contributed by atoms with Crippen molar-refractivity contribution in [2.75, 3.05) is 16.0 Å². The maximum Gasteiger partial charge on any atom is 0.389 e. The fourth-order valence-electron chi connectivity index (χ4n) is 4.18. The molecular weight excluding hydrogens is 687 g/mol. The Labute approximate surface area is 265 Å². The molecule has 0 aliphatic heterocycles. The molecular formula is C27H17Cl5F5N3O3. The van der Waals surface area contributed by atoms with Crippen LogP contribution in [-0.4, -0.2) is 28.2 Å². The number of rotatable bonds is 8. The van der Waals surface area contributed by atoms with Gasteiger partial charge in [0.1, 0.15) is 15.8 Å². The molecule has 0 bridgehead atoms. The summed E-state index contributed by atoms with van der Waals surface area (Å²) in [6.07, 6.45) is -7.23. The number of amides is 3. The lowest BCUT2D eigenvalue weighted by Crippen LogP contribution is -2.20. The third kappa shape index (κ3) is 7.64. The maximum absolute atomic E-state index is 15.0. The predicted molar refractivity (Wildman–Crippen MR) is 155 cm³/mol. The number of carbonyl (C=O) groups excluding carboxylic acids is 3. The summed E-state index contributed by atoms with van der Waals surface area (Å²) in [5.74, 6) is -7.13. The van der Waals surface area contributed by atoms with E-state index in [2.05, 4.69) is 10.6 Å². The van der Waals surface area contributed by atoms with E-state index in [1.807, 2.05) is 0 Å². The van der Waals surface area contributed by atoms with E-state index in [1.54, 1.807) is 17.4 Å². The van der Waals surface area contributed by atoms with Crippen LogP contribution in [-0.2, 0) is 9.59 Å². The van der Waals surface area contributed by atoms with Crippen LogP contribution >= 0.6 is 58.0 Å². The van der Waals surface area contributed by atoms with Crippen molar-refractivity contribution in [2.24, 2.45) is 5.92 Å². The first kappa shape index (κ1) is 33.1. The van der Waals surface area contributed by atoms with Crippen LogP contribution in [0.1, 0.15) is 34.7 Å². The lowest BCUT2D eigenvalue weighted by atomic mass is 10.1. The maximum atomic E-state index is 15.0. The SMILES string of the molecule is O=C(CCC(F)(F)F)Nc1c(F)ccc(NC(=O)c2cc(NC(=O)C3[C@H](c4ccc(Cl)c(Cl)c4)C3(Cl)Cl)ccc2Cl)c1F. The minimum atomic E-state index is -4.65. The molecule has 3 aromatic rings. The zero-order chi connectivity index (χ0) is 31.9. The molecule has 1 aliphatic carbocycles. The summed E-state index contributed by atoms with van der Waals surface area (Å²) in [5, 5.41) is 6.93. The third-order valence-electron chi connectivity index (χ3n) is 6.36. The molecule has 6 nitrogen and oxygen atoms in total. The minimum Gasteiger partial charge on any atom is -0.326 e. The number of hydrogen-bond donors (Lipinski definition) is 3. The minimum absolute atomic E-state index is 0.0978. The van der Waals surface area contributed by atoms with Crippen molar-refractivity contribution in [1.29, 1.82) is 0 Å². The topological polar surface area (TPSA) is 87.3 Å². The van der Waals surface area contributed by atoms with Gasteiger partial charge in [0, 0.05) is 18.0 Å². The molecule has 0 aromatic heterocycles. The van der Waals surface area contributed by atoms with Crippen molar-refractivity contribution in [1.82, 2.24) is 0 Å². The Hall–Kier alpha value is -2.83. The van der Waals surface area contributed by atoms with Gasteiger partial charge in [-0.2, -0.15) is 13.2 Å². The van der Waals surface area contributed by atoms with Gasteiger partial charge in [-0.3, -0.25) is 14.4 Å². The van der Waals surface area contributed by atoms with Gasteiger partial charge in [0.15, 0.2) is 5.82 Å². The van der Waals surface area contributed by atoms with Gasteiger partial charge >= 0.3 is 6.18 Å². The van der Waals surface area contributed by atoms with Crippen LogP contribution in [0.25, 0.3) is 0 Å². The number of benzene rings is 3. The largest absolute Gasteiger partial charge is 0.389 e. The molecule has 1 unspecified atom stereocenters. The Morgan fingerprint density at radius 2 is 1.51 bits per heavy atom. The van der Waals surface area contributed by atoms with Crippen LogP contribution in [0.4, 0.5) is 39.0 Å². The van der Waals surface area contributed by atoms with Gasteiger partial charge in [0.25, 0.3) is 5.91 Å². The molecule has 4 rings (SSSR count).